The molecule has 0 amide bonds. The number of nitrogens with zero attached hydrogens (tertiary/aromatic N) is 2. The molecule has 4 rings (SSSR count). The van der Waals surface area contributed by atoms with Crippen LogP contribution in [0.4, 0.5) is 19.0 Å². The summed E-state index contributed by atoms with van der Waals surface area (Å²) in [5.41, 5.74) is 0.120. The van der Waals surface area contributed by atoms with Gasteiger partial charge in [-0.25, -0.2) is 23.1 Å². The van der Waals surface area contributed by atoms with Crippen molar-refractivity contribution in [3.8, 4) is 11.5 Å². The average molecular weight is 419 g/mol. The third-order valence-electron chi connectivity index (χ3n) is 4.63. The summed E-state index contributed by atoms with van der Waals surface area (Å²) in [6.45, 7) is 3.37. The van der Waals surface area contributed by atoms with E-state index in [1.807, 2.05) is 0 Å². The number of fused-ring (bicyclic) bond motifs is 2. The van der Waals surface area contributed by atoms with Gasteiger partial charge >= 0.3 is 0 Å². The second-order valence-electron chi connectivity index (χ2n) is 6.72. The topological polar surface area (TPSA) is 65.5 Å². The Morgan fingerprint density at radius 3 is 2.50 bits per heavy atom. The zero-order chi connectivity index (χ0) is 21.1. The Kier molecular flexibility index (Phi) is 5.89. The molecule has 0 bridgehead atoms. The molecule has 1 aliphatic heterocycles. The van der Waals surface area contributed by atoms with E-state index in [4.69, 9.17) is 14.2 Å². The lowest BCUT2D eigenvalue weighted by Gasteiger charge is -2.15. The molecule has 0 atom stereocenters. The number of rotatable bonds is 4. The van der Waals surface area contributed by atoms with Gasteiger partial charge in [-0.2, -0.15) is 0 Å². The number of halogens is 3. The van der Waals surface area contributed by atoms with E-state index in [0.717, 1.165) is 6.07 Å². The smallest absolute Gasteiger partial charge is 0.266 e. The van der Waals surface area contributed by atoms with Crippen LogP contribution >= 0.6 is 0 Å². The molecule has 3 aromatic rings. The highest BCUT2D eigenvalue weighted by Crippen LogP contribution is 2.35. The number of anilines is 1. The summed E-state index contributed by atoms with van der Waals surface area (Å²) in [7, 11) is 0. The summed E-state index contributed by atoms with van der Waals surface area (Å²) in [4.78, 5) is 8.84. The molecular weight excluding hydrogens is 399 g/mol. The predicted octanol–water partition coefficient (Wildman–Crippen LogP) is 4.41. The minimum Gasteiger partial charge on any atom is -0.487 e. The van der Waals surface area contributed by atoms with E-state index in [0.29, 0.717) is 60.5 Å². The molecule has 1 aliphatic rings. The van der Waals surface area contributed by atoms with Gasteiger partial charge in [-0.3, -0.25) is 0 Å². The molecule has 158 valence electrons. The van der Waals surface area contributed by atoms with Gasteiger partial charge in [0, 0.05) is 23.6 Å². The molecule has 0 spiro atoms. The number of aromatic nitrogens is 2. The Morgan fingerprint density at radius 2 is 1.77 bits per heavy atom. The monoisotopic (exact) mass is 419 g/mol. The molecule has 2 heterocycles. The van der Waals surface area contributed by atoms with Gasteiger partial charge in [0.25, 0.3) is 6.43 Å². The molecule has 0 saturated carbocycles. The van der Waals surface area contributed by atoms with Crippen molar-refractivity contribution >= 4 is 16.7 Å². The van der Waals surface area contributed by atoms with Crippen LogP contribution in [-0.4, -0.2) is 36.4 Å². The van der Waals surface area contributed by atoms with Crippen molar-refractivity contribution < 1.29 is 27.4 Å². The SMILES string of the molecule is Cc1nc(NCc2cccc(C(F)F)c2F)c2cc3c(cc2n1)OCCOCCO3. The molecule has 0 saturated heterocycles. The quantitative estimate of drug-likeness (QED) is 0.676. The first-order chi connectivity index (χ1) is 14.5. The molecule has 0 fully saturated rings. The van der Waals surface area contributed by atoms with Crippen LogP contribution in [0.2, 0.25) is 0 Å². The van der Waals surface area contributed by atoms with Crippen LogP contribution in [0.15, 0.2) is 30.3 Å². The fourth-order valence-corrected chi connectivity index (χ4v) is 3.22. The minimum absolute atomic E-state index is 0.0137. The van der Waals surface area contributed by atoms with Crippen molar-refractivity contribution in [2.75, 3.05) is 31.7 Å². The summed E-state index contributed by atoms with van der Waals surface area (Å²) >= 11 is 0. The molecule has 2 aromatic carbocycles. The van der Waals surface area contributed by atoms with E-state index >= 15 is 0 Å². The summed E-state index contributed by atoms with van der Waals surface area (Å²) in [5.74, 6) is 1.09. The van der Waals surface area contributed by atoms with Crippen molar-refractivity contribution in [1.82, 2.24) is 9.97 Å². The first-order valence-corrected chi connectivity index (χ1v) is 9.48. The number of ether oxygens (including phenoxy) is 3. The number of nitrogens with one attached hydrogen (secondary N) is 1. The van der Waals surface area contributed by atoms with Crippen LogP contribution < -0.4 is 14.8 Å². The number of aryl methyl sites for hydroxylation is 1. The normalized spacial score (nSPS) is 14.3. The number of hydrogen-bond donors (Lipinski definition) is 1. The summed E-state index contributed by atoms with van der Waals surface area (Å²) in [6.07, 6.45) is -2.88. The number of alkyl halides is 2. The maximum atomic E-state index is 14.4. The van der Waals surface area contributed by atoms with E-state index in [1.165, 1.54) is 12.1 Å². The van der Waals surface area contributed by atoms with E-state index < -0.39 is 17.8 Å². The van der Waals surface area contributed by atoms with Crippen molar-refractivity contribution in [3.63, 3.8) is 0 Å². The number of benzene rings is 2. The summed E-state index contributed by atoms with van der Waals surface area (Å²) < 4.78 is 57.1. The van der Waals surface area contributed by atoms with Crippen molar-refractivity contribution in [2.45, 2.75) is 19.9 Å². The van der Waals surface area contributed by atoms with Crippen molar-refractivity contribution in [2.24, 2.45) is 0 Å². The Morgan fingerprint density at radius 1 is 1.03 bits per heavy atom. The molecule has 9 heteroatoms. The Labute approximate surface area is 171 Å². The predicted molar refractivity (Wildman–Crippen MR) is 105 cm³/mol. The summed E-state index contributed by atoms with van der Waals surface area (Å²) in [5, 5.41) is 3.69. The Hall–Kier alpha value is -3.07. The van der Waals surface area contributed by atoms with Gasteiger partial charge in [0.05, 0.1) is 24.3 Å². The molecule has 0 aliphatic carbocycles. The molecule has 0 unspecified atom stereocenters. The molecular formula is C21H20F3N3O3. The lowest BCUT2D eigenvalue weighted by molar-refractivity contribution is 0.0877. The molecule has 6 nitrogen and oxygen atoms in total. The standard InChI is InChI=1S/C21H20F3N3O3/c1-12-26-16-10-18-17(29-7-5-28-6-8-30-18)9-15(16)21(27-12)25-11-13-3-2-4-14(19(13)22)20(23)24/h2-4,9-10,20H,5-8,11H2,1H3,(H,25,26,27). The third kappa shape index (κ3) is 4.25. The van der Waals surface area contributed by atoms with Gasteiger partial charge in [-0.05, 0) is 13.0 Å². The average Bonchev–Trinajstić information content (AvgIpc) is 2.83. The molecule has 1 N–H and O–H groups in total. The van der Waals surface area contributed by atoms with Gasteiger partial charge in [-0.15, -0.1) is 0 Å². The van der Waals surface area contributed by atoms with Gasteiger partial charge < -0.3 is 19.5 Å². The third-order valence-corrected chi connectivity index (χ3v) is 4.63. The Bertz CT molecular complexity index is 1060. The van der Waals surface area contributed by atoms with Crippen molar-refractivity contribution in [1.29, 1.82) is 0 Å². The summed E-state index contributed by atoms with van der Waals surface area (Å²) in [6, 6.07) is 7.46. The van der Waals surface area contributed by atoms with E-state index in [-0.39, 0.29) is 12.1 Å². The highest BCUT2D eigenvalue weighted by Gasteiger charge is 2.18. The molecule has 0 radical (unpaired) electrons. The first kappa shape index (κ1) is 20.2. The van der Waals surface area contributed by atoms with Gasteiger partial charge in [-0.1, -0.05) is 18.2 Å². The van der Waals surface area contributed by atoms with Crippen LogP contribution in [-0.2, 0) is 11.3 Å². The van der Waals surface area contributed by atoms with Crippen LogP contribution in [0.3, 0.4) is 0 Å². The van der Waals surface area contributed by atoms with Crippen LogP contribution in [0.5, 0.6) is 11.5 Å². The van der Waals surface area contributed by atoms with E-state index in [1.54, 1.807) is 19.1 Å². The fraction of sp³-hybridized carbons (Fsp3) is 0.333. The first-order valence-electron chi connectivity index (χ1n) is 9.48. The second-order valence-corrected chi connectivity index (χ2v) is 6.72. The lowest BCUT2D eigenvalue weighted by Crippen LogP contribution is -2.08. The van der Waals surface area contributed by atoms with Gasteiger partial charge in [0.1, 0.15) is 30.7 Å². The van der Waals surface area contributed by atoms with Crippen LogP contribution in [0.1, 0.15) is 23.4 Å². The van der Waals surface area contributed by atoms with Crippen LogP contribution in [0.25, 0.3) is 10.9 Å². The van der Waals surface area contributed by atoms with E-state index in [2.05, 4.69) is 15.3 Å². The minimum atomic E-state index is -2.88. The van der Waals surface area contributed by atoms with Gasteiger partial charge in [0.2, 0.25) is 0 Å². The second kappa shape index (κ2) is 8.74. The van der Waals surface area contributed by atoms with Crippen molar-refractivity contribution in [3.05, 3.63) is 53.1 Å². The highest BCUT2D eigenvalue weighted by molar-refractivity contribution is 5.91. The largest absolute Gasteiger partial charge is 0.487 e. The maximum Gasteiger partial charge on any atom is 0.266 e. The van der Waals surface area contributed by atoms with E-state index in [9.17, 15) is 13.2 Å². The fourth-order valence-electron chi connectivity index (χ4n) is 3.22. The van der Waals surface area contributed by atoms with Crippen LogP contribution in [0, 0.1) is 12.7 Å². The lowest BCUT2D eigenvalue weighted by atomic mass is 10.1. The van der Waals surface area contributed by atoms with Gasteiger partial charge in [0.15, 0.2) is 11.5 Å². The molecule has 1 aromatic heterocycles. The zero-order valence-electron chi connectivity index (χ0n) is 16.3. The highest BCUT2D eigenvalue weighted by atomic mass is 19.3. The zero-order valence-corrected chi connectivity index (χ0v) is 16.3. The Balaban J connectivity index is 1.68. The number of hydrogen-bond acceptors (Lipinski definition) is 6. The maximum absolute atomic E-state index is 14.4. The molecule has 30 heavy (non-hydrogen) atoms.